The van der Waals surface area contributed by atoms with Gasteiger partial charge in [-0.05, 0) is 50.0 Å². The predicted molar refractivity (Wildman–Crippen MR) is 125 cm³/mol. The quantitative estimate of drug-likeness (QED) is 0.615. The SMILES string of the molecule is CCOC(=O)NN(CN1CCC23C4=CC=C(OC)C2Oc2c(OC)ccc(c23)C[C@@H]41)C(=O)OCC. The summed E-state index contributed by atoms with van der Waals surface area (Å²) in [6, 6.07) is 4.04. The van der Waals surface area contributed by atoms with Gasteiger partial charge in [-0.3, -0.25) is 4.90 Å². The maximum atomic E-state index is 12.7. The molecule has 2 amide bonds. The smallest absolute Gasteiger partial charge is 0.430 e. The molecule has 2 aliphatic carbocycles. The Kier molecular flexibility index (Phi) is 6.00. The van der Waals surface area contributed by atoms with Gasteiger partial charge in [0.05, 0.1) is 39.5 Å². The van der Waals surface area contributed by atoms with E-state index in [2.05, 4.69) is 22.5 Å². The van der Waals surface area contributed by atoms with E-state index in [1.54, 1.807) is 28.1 Å². The van der Waals surface area contributed by atoms with Crippen LogP contribution in [0.5, 0.6) is 11.5 Å². The van der Waals surface area contributed by atoms with Gasteiger partial charge in [-0.15, -0.1) is 0 Å². The van der Waals surface area contributed by atoms with Gasteiger partial charge < -0.3 is 23.7 Å². The van der Waals surface area contributed by atoms with Gasteiger partial charge in [-0.1, -0.05) is 12.1 Å². The summed E-state index contributed by atoms with van der Waals surface area (Å²) >= 11 is 0. The van der Waals surface area contributed by atoms with E-state index < -0.39 is 12.2 Å². The molecule has 1 spiro atoms. The van der Waals surface area contributed by atoms with Crippen LogP contribution in [-0.4, -0.2) is 74.9 Å². The fraction of sp³-hybridized carbons (Fsp3) is 0.520. The van der Waals surface area contributed by atoms with Crippen molar-refractivity contribution in [3.63, 3.8) is 0 Å². The van der Waals surface area contributed by atoms with E-state index >= 15 is 0 Å². The summed E-state index contributed by atoms with van der Waals surface area (Å²) in [5.74, 6) is 2.29. The van der Waals surface area contributed by atoms with Gasteiger partial charge in [-0.2, -0.15) is 0 Å². The molecule has 3 atom stereocenters. The van der Waals surface area contributed by atoms with Crippen molar-refractivity contribution in [3.05, 3.63) is 46.7 Å². The number of amides is 2. The fourth-order valence-corrected chi connectivity index (χ4v) is 5.96. The van der Waals surface area contributed by atoms with Crippen LogP contribution in [0.2, 0.25) is 0 Å². The number of methoxy groups -OCH3 is 2. The van der Waals surface area contributed by atoms with Gasteiger partial charge in [0.15, 0.2) is 17.6 Å². The van der Waals surface area contributed by atoms with Crippen LogP contribution in [0.3, 0.4) is 0 Å². The highest BCUT2D eigenvalue weighted by Gasteiger charge is 2.62. The van der Waals surface area contributed by atoms with E-state index in [4.69, 9.17) is 23.7 Å². The first-order valence-corrected chi connectivity index (χ1v) is 11.9. The van der Waals surface area contributed by atoms with Gasteiger partial charge in [0.2, 0.25) is 0 Å². The average Bonchev–Trinajstić information content (AvgIpc) is 3.20. The molecule has 5 rings (SSSR count). The Balaban J connectivity index is 1.52. The van der Waals surface area contributed by atoms with Crippen LogP contribution in [0.4, 0.5) is 9.59 Å². The minimum absolute atomic E-state index is 0.00252. The van der Waals surface area contributed by atoms with E-state index in [-0.39, 0.29) is 37.4 Å². The number of hydrazine groups is 1. The highest BCUT2D eigenvalue weighted by Crippen LogP contribution is 2.62. The molecular weight excluding hydrogens is 454 g/mol. The van der Waals surface area contributed by atoms with Crippen LogP contribution < -0.4 is 14.9 Å². The third-order valence-electron chi connectivity index (χ3n) is 7.31. The first-order chi connectivity index (χ1) is 17.0. The molecule has 1 aromatic rings. The van der Waals surface area contributed by atoms with E-state index in [0.29, 0.717) is 6.54 Å². The Hall–Kier alpha value is -3.40. The first-order valence-electron chi connectivity index (χ1n) is 11.9. The van der Waals surface area contributed by atoms with Crippen LogP contribution in [0.15, 0.2) is 35.6 Å². The third-order valence-corrected chi connectivity index (χ3v) is 7.31. The Labute approximate surface area is 204 Å². The summed E-state index contributed by atoms with van der Waals surface area (Å²) in [4.78, 5) is 27.0. The summed E-state index contributed by atoms with van der Waals surface area (Å²) in [5.41, 5.74) is 5.75. The zero-order valence-electron chi connectivity index (χ0n) is 20.5. The van der Waals surface area contributed by atoms with Crippen LogP contribution in [0, 0.1) is 0 Å². The molecule has 0 aromatic heterocycles. The van der Waals surface area contributed by atoms with Crippen LogP contribution >= 0.6 is 0 Å². The molecule has 2 heterocycles. The van der Waals surface area contributed by atoms with Crippen molar-refractivity contribution >= 4 is 12.2 Å². The Bertz CT molecular complexity index is 1100. The predicted octanol–water partition coefficient (Wildman–Crippen LogP) is 2.87. The minimum Gasteiger partial charge on any atom is -0.497 e. The minimum atomic E-state index is -0.700. The number of allylic oxidation sites excluding steroid dienone is 2. The van der Waals surface area contributed by atoms with Crippen LogP contribution in [-0.2, 0) is 26.0 Å². The van der Waals surface area contributed by atoms with Crippen molar-refractivity contribution in [1.29, 1.82) is 0 Å². The van der Waals surface area contributed by atoms with E-state index in [1.807, 2.05) is 12.1 Å². The van der Waals surface area contributed by atoms with Crippen molar-refractivity contribution in [1.82, 2.24) is 15.3 Å². The monoisotopic (exact) mass is 485 g/mol. The van der Waals surface area contributed by atoms with Gasteiger partial charge in [0.25, 0.3) is 0 Å². The lowest BCUT2D eigenvalue weighted by molar-refractivity contribution is 0.0123. The molecule has 0 saturated carbocycles. The topological polar surface area (TPSA) is 98.8 Å². The summed E-state index contributed by atoms with van der Waals surface area (Å²) in [6.45, 7) is 4.65. The normalized spacial score (nSPS) is 25.4. The number of nitrogens with zero attached hydrogens (tertiary/aromatic N) is 2. The Morgan fingerprint density at radius 1 is 1.17 bits per heavy atom. The van der Waals surface area contributed by atoms with Gasteiger partial charge in [0, 0.05) is 18.2 Å². The molecule has 188 valence electrons. The molecule has 2 bridgehead atoms. The maximum Gasteiger partial charge on any atom is 0.430 e. The molecule has 1 aromatic carbocycles. The second-order valence-corrected chi connectivity index (χ2v) is 8.88. The van der Waals surface area contributed by atoms with Crippen molar-refractivity contribution in [3.8, 4) is 11.5 Å². The number of hydrogen-bond acceptors (Lipinski definition) is 8. The summed E-state index contributed by atoms with van der Waals surface area (Å²) in [6.07, 6.45) is 3.98. The van der Waals surface area contributed by atoms with Gasteiger partial charge >= 0.3 is 12.2 Å². The fourth-order valence-electron chi connectivity index (χ4n) is 5.96. The van der Waals surface area contributed by atoms with Gasteiger partial charge in [0.1, 0.15) is 5.76 Å². The lowest BCUT2D eigenvalue weighted by atomic mass is 9.57. The zero-order valence-corrected chi connectivity index (χ0v) is 20.5. The largest absolute Gasteiger partial charge is 0.497 e. The Morgan fingerprint density at radius 2 is 1.97 bits per heavy atom. The molecule has 35 heavy (non-hydrogen) atoms. The second-order valence-electron chi connectivity index (χ2n) is 8.88. The average molecular weight is 486 g/mol. The number of hydrogen-bond donors (Lipinski definition) is 1. The molecule has 10 heteroatoms. The molecule has 2 unspecified atom stereocenters. The van der Waals surface area contributed by atoms with Crippen molar-refractivity contribution < 1.29 is 33.3 Å². The molecule has 10 nitrogen and oxygen atoms in total. The lowest BCUT2D eigenvalue weighted by Gasteiger charge is -2.54. The highest BCUT2D eigenvalue weighted by molar-refractivity contribution is 5.74. The molecule has 0 radical (unpaired) electrons. The van der Waals surface area contributed by atoms with Crippen molar-refractivity contribution in [2.45, 2.75) is 44.2 Å². The number of piperidine rings is 1. The number of carbonyl (C=O) groups excluding carboxylic acids is 2. The Morgan fingerprint density at radius 3 is 2.69 bits per heavy atom. The van der Waals surface area contributed by atoms with E-state index in [9.17, 15) is 9.59 Å². The number of likely N-dealkylation sites (tertiary alicyclic amines) is 1. The molecule has 4 aliphatic rings. The number of ether oxygens (including phenoxy) is 5. The first kappa shape index (κ1) is 23.3. The molecule has 2 aliphatic heterocycles. The maximum absolute atomic E-state index is 12.7. The second kappa shape index (κ2) is 8.99. The molecule has 1 fully saturated rings. The van der Waals surface area contributed by atoms with Crippen LogP contribution in [0.25, 0.3) is 0 Å². The summed E-state index contributed by atoms with van der Waals surface area (Å²) < 4.78 is 28.1. The number of carbonyl (C=O) groups is 2. The van der Waals surface area contributed by atoms with Crippen LogP contribution in [0.1, 0.15) is 31.4 Å². The van der Waals surface area contributed by atoms with E-state index in [1.165, 1.54) is 21.7 Å². The summed E-state index contributed by atoms with van der Waals surface area (Å²) in [5, 5.41) is 1.18. The summed E-state index contributed by atoms with van der Waals surface area (Å²) in [7, 11) is 3.32. The molecule has 1 saturated heterocycles. The van der Waals surface area contributed by atoms with E-state index in [0.717, 1.165) is 30.1 Å². The third kappa shape index (κ3) is 3.50. The number of benzene rings is 1. The highest BCUT2D eigenvalue weighted by atomic mass is 16.6. The standard InChI is InChI=1S/C25H31N3O7/c1-5-33-23(29)26-28(24(30)34-6-2)14-27-12-11-25-16-8-10-19(32-4)22(25)35-21-18(31-3)9-7-15(20(21)25)13-17(16)27/h7-10,17,22H,5-6,11-14H2,1-4H3,(H,26,29)/t17-,22?,25?/m0/s1. The van der Waals surface area contributed by atoms with Crippen molar-refractivity contribution in [2.24, 2.45) is 0 Å². The molecular formula is C25H31N3O7. The molecule has 1 N–H and O–H groups in total. The number of rotatable bonds is 6. The van der Waals surface area contributed by atoms with Crippen molar-refractivity contribution in [2.75, 3.05) is 40.6 Å². The zero-order chi connectivity index (χ0) is 24.7. The lowest BCUT2D eigenvalue weighted by Crippen LogP contribution is -2.62. The van der Waals surface area contributed by atoms with Gasteiger partial charge in [-0.25, -0.2) is 20.0 Å². The number of nitrogens with one attached hydrogen (secondary N) is 1.